The average Bonchev–Trinajstić information content (AvgIpc) is 2.77. The van der Waals surface area contributed by atoms with Crippen LogP contribution in [-0.2, 0) is 6.42 Å². The Morgan fingerprint density at radius 1 is 1.29 bits per heavy atom. The van der Waals surface area contributed by atoms with Gasteiger partial charge in [0, 0.05) is 11.1 Å². The van der Waals surface area contributed by atoms with Crippen LogP contribution in [0.25, 0.3) is 0 Å². The van der Waals surface area contributed by atoms with Gasteiger partial charge in [-0.15, -0.1) is 0 Å². The van der Waals surface area contributed by atoms with Crippen molar-refractivity contribution in [1.29, 1.82) is 0 Å². The van der Waals surface area contributed by atoms with Crippen LogP contribution in [0.15, 0.2) is 24.3 Å². The van der Waals surface area contributed by atoms with Gasteiger partial charge in [-0.25, -0.2) is 0 Å². The maximum absolute atomic E-state index is 6.23. The van der Waals surface area contributed by atoms with Gasteiger partial charge >= 0.3 is 0 Å². The summed E-state index contributed by atoms with van der Waals surface area (Å²) >= 11 is 6.23. The molecule has 1 N–H and O–H groups in total. The van der Waals surface area contributed by atoms with Crippen molar-refractivity contribution in [3.8, 4) is 0 Å². The zero-order valence-corrected chi connectivity index (χ0v) is 11.3. The Bertz CT molecular complexity index is 351. The van der Waals surface area contributed by atoms with Gasteiger partial charge in [0.2, 0.25) is 0 Å². The van der Waals surface area contributed by atoms with Crippen LogP contribution in [0.3, 0.4) is 0 Å². The first-order chi connectivity index (χ1) is 8.31. The smallest absolute Gasteiger partial charge is 0.0438 e. The Balaban J connectivity index is 1.95. The van der Waals surface area contributed by atoms with Gasteiger partial charge in [-0.1, -0.05) is 43.1 Å². The number of hydrogen-bond donors (Lipinski definition) is 1. The molecule has 2 heteroatoms. The highest BCUT2D eigenvalue weighted by Gasteiger charge is 2.26. The van der Waals surface area contributed by atoms with Gasteiger partial charge in [0.25, 0.3) is 0 Å². The lowest BCUT2D eigenvalue weighted by Crippen LogP contribution is -2.33. The molecule has 0 heterocycles. The topological polar surface area (TPSA) is 12.0 Å². The summed E-state index contributed by atoms with van der Waals surface area (Å²) in [6.45, 7) is 3.37. The van der Waals surface area contributed by atoms with Crippen LogP contribution in [-0.4, -0.2) is 12.6 Å². The van der Waals surface area contributed by atoms with Crippen LogP contribution < -0.4 is 5.32 Å². The van der Waals surface area contributed by atoms with Gasteiger partial charge in [-0.3, -0.25) is 0 Å². The van der Waals surface area contributed by atoms with Gasteiger partial charge in [0.1, 0.15) is 0 Å². The SMILES string of the molecule is CCCNC1CCCC1Cc1ccccc1Cl. The van der Waals surface area contributed by atoms with Crippen molar-refractivity contribution in [2.75, 3.05) is 6.54 Å². The van der Waals surface area contributed by atoms with Crippen LogP contribution >= 0.6 is 11.6 Å². The Hall–Kier alpha value is -0.530. The van der Waals surface area contributed by atoms with E-state index in [-0.39, 0.29) is 0 Å². The summed E-state index contributed by atoms with van der Waals surface area (Å²) in [5, 5.41) is 4.60. The fourth-order valence-electron chi connectivity index (χ4n) is 2.83. The molecule has 0 spiro atoms. The van der Waals surface area contributed by atoms with E-state index in [4.69, 9.17) is 11.6 Å². The molecule has 0 aliphatic heterocycles. The van der Waals surface area contributed by atoms with E-state index in [2.05, 4.69) is 24.4 Å². The molecule has 94 valence electrons. The summed E-state index contributed by atoms with van der Waals surface area (Å²) in [4.78, 5) is 0. The van der Waals surface area contributed by atoms with Crippen molar-refractivity contribution in [2.24, 2.45) is 5.92 Å². The molecular formula is C15H22ClN. The standard InChI is InChI=1S/C15H22ClN/c1-2-10-17-15-9-5-7-13(15)11-12-6-3-4-8-14(12)16/h3-4,6,8,13,15,17H,2,5,7,9-11H2,1H3. The Kier molecular flexibility index (Phi) is 4.87. The molecule has 0 amide bonds. The lowest BCUT2D eigenvalue weighted by atomic mass is 9.94. The molecule has 0 saturated heterocycles. The van der Waals surface area contributed by atoms with Gasteiger partial charge in [-0.05, 0) is 49.8 Å². The van der Waals surface area contributed by atoms with Crippen molar-refractivity contribution < 1.29 is 0 Å². The molecular weight excluding hydrogens is 230 g/mol. The lowest BCUT2D eigenvalue weighted by molar-refractivity contribution is 0.399. The van der Waals surface area contributed by atoms with Crippen molar-refractivity contribution >= 4 is 11.6 Å². The minimum absolute atomic E-state index is 0.700. The van der Waals surface area contributed by atoms with Crippen molar-refractivity contribution in [3.63, 3.8) is 0 Å². The molecule has 1 fully saturated rings. The summed E-state index contributed by atoms with van der Waals surface area (Å²) in [6, 6.07) is 8.96. The zero-order chi connectivity index (χ0) is 12.1. The second-order valence-corrected chi connectivity index (χ2v) is 5.45. The molecule has 2 unspecified atom stereocenters. The maximum Gasteiger partial charge on any atom is 0.0438 e. The third-order valence-corrected chi connectivity index (χ3v) is 4.12. The number of nitrogens with one attached hydrogen (secondary N) is 1. The van der Waals surface area contributed by atoms with E-state index in [0.717, 1.165) is 23.9 Å². The molecule has 1 nitrogen and oxygen atoms in total. The van der Waals surface area contributed by atoms with E-state index in [1.54, 1.807) is 0 Å². The largest absolute Gasteiger partial charge is 0.314 e. The van der Waals surface area contributed by atoms with Crippen molar-refractivity contribution in [2.45, 2.75) is 45.1 Å². The second kappa shape index (κ2) is 6.42. The Morgan fingerprint density at radius 3 is 2.88 bits per heavy atom. The highest BCUT2D eigenvalue weighted by atomic mass is 35.5. The zero-order valence-electron chi connectivity index (χ0n) is 10.6. The number of benzene rings is 1. The van der Waals surface area contributed by atoms with Crippen LogP contribution in [0, 0.1) is 5.92 Å². The predicted octanol–water partition coefficient (Wildman–Crippen LogP) is 4.05. The molecule has 0 bridgehead atoms. The summed E-state index contributed by atoms with van der Waals surface area (Å²) < 4.78 is 0. The van der Waals surface area contributed by atoms with Crippen LogP contribution in [0.1, 0.15) is 38.2 Å². The highest BCUT2D eigenvalue weighted by Crippen LogP contribution is 2.30. The summed E-state index contributed by atoms with van der Waals surface area (Å²) in [5.41, 5.74) is 1.31. The van der Waals surface area contributed by atoms with Gasteiger partial charge in [-0.2, -0.15) is 0 Å². The molecule has 2 rings (SSSR count). The van der Waals surface area contributed by atoms with Crippen LogP contribution in [0.4, 0.5) is 0 Å². The minimum Gasteiger partial charge on any atom is -0.314 e. The van der Waals surface area contributed by atoms with Crippen molar-refractivity contribution in [3.05, 3.63) is 34.9 Å². The maximum atomic E-state index is 6.23. The molecule has 1 aliphatic rings. The molecule has 1 aromatic carbocycles. The molecule has 1 saturated carbocycles. The summed E-state index contributed by atoms with van der Waals surface area (Å²) in [7, 11) is 0. The third kappa shape index (κ3) is 3.46. The molecule has 0 aromatic heterocycles. The van der Waals surface area contributed by atoms with Gasteiger partial charge in [0.15, 0.2) is 0 Å². The van der Waals surface area contributed by atoms with Crippen molar-refractivity contribution in [1.82, 2.24) is 5.32 Å². The number of rotatable bonds is 5. The molecule has 17 heavy (non-hydrogen) atoms. The fourth-order valence-corrected chi connectivity index (χ4v) is 3.04. The minimum atomic E-state index is 0.700. The second-order valence-electron chi connectivity index (χ2n) is 5.05. The van der Waals surface area contributed by atoms with Gasteiger partial charge < -0.3 is 5.32 Å². The summed E-state index contributed by atoms with van der Waals surface area (Å²) in [5.74, 6) is 0.765. The molecule has 0 radical (unpaired) electrons. The monoisotopic (exact) mass is 251 g/mol. The van der Waals surface area contributed by atoms with E-state index in [1.165, 1.54) is 31.2 Å². The number of halogens is 1. The van der Waals surface area contributed by atoms with E-state index < -0.39 is 0 Å². The van der Waals surface area contributed by atoms with E-state index in [1.807, 2.05) is 12.1 Å². The van der Waals surface area contributed by atoms with Crippen LogP contribution in [0.5, 0.6) is 0 Å². The number of hydrogen-bond acceptors (Lipinski definition) is 1. The van der Waals surface area contributed by atoms with E-state index in [0.29, 0.717) is 6.04 Å². The summed E-state index contributed by atoms with van der Waals surface area (Å²) in [6.07, 6.45) is 6.37. The quantitative estimate of drug-likeness (QED) is 0.833. The molecule has 1 aromatic rings. The fraction of sp³-hybridized carbons (Fsp3) is 0.600. The first kappa shape index (κ1) is 12.9. The Morgan fingerprint density at radius 2 is 2.12 bits per heavy atom. The first-order valence-electron chi connectivity index (χ1n) is 6.78. The lowest BCUT2D eigenvalue weighted by Gasteiger charge is -2.21. The normalized spacial score (nSPS) is 24.1. The molecule has 1 aliphatic carbocycles. The van der Waals surface area contributed by atoms with E-state index >= 15 is 0 Å². The third-order valence-electron chi connectivity index (χ3n) is 3.76. The van der Waals surface area contributed by atoms with Gasteiger partial charge in [0.05, 0.1) is 0 Å². The highest BCUT2D eigenvalue weighted by molar-refractivity contribution is 6.31. The predicted molar refractivity (Wildman–Crippen MR) is 74.6 cm³/mol. The average molecular weight is 252 g/mol. The van der Waals surface area contributed by atoms with Crippen LogP contribution in [0.2, 0.25) is 5.02 Å². The Labute approximate surface area is 110 Å². The van der Waals surface area contributed by atoms with E-state index in [9.17, 15) is 0 Å². The molecule has 2 atom stereocenters. The first-order valence-corrected chi connectivity index (χ1v) is 7.16.